The SMILES string of the molecule is CC12CC3CC(C)(C1)CC(c1ccccc1)(C2)C3O. The van der Waals surface area contributed by atoms with Gasteiger partial charge in [0.15, 0.2) is 0 Å². The molecule has 102 valence electrons. The molecule has 1 N–H and O–H groups in total. The molecular weight excluding hydrogens is 232 g/mol. The number of aliphatic hydroxyl groups is 1. The van der Waals surface area contributed by atoms with E-state index in [9.17, 15) is 5.11 Å². The van der Waals surface area contributed by atoms with Crippen LogP contribution in [0.4, 0.5) is 0 Å². The lowest BCUT2D eigenvalue weighted by atomic mass is 9.38. The van der Waals surface area contributed by atoms with Crippen LogP contribution in [0.25, 0.3) is 0 Å². The minimum absolute atomic E-state index is 0.0319. The van der Waals surface area contributed by atoms with Crippen LogP contribution in [-0.2, 0) is 5.41 Å². The molecule has 1 aromatic rings. The molecule has 0 spiro atoms. The normalized spacial score (nSPS) is 51.5. The topological polar surface area (TPSA) is 20.2 Å². The third kappa shape index (κ3) is 1.51. The van der Waals surface area contributed by atoms with Crippen LogP contribution in [-0.4, -0.2) is 11.2 Å². The van der Waals surface area contributed by atoms with Crippen LogP contribution in [0, 0.1) is 16.7 Å². The molecule has 4 aliphatic rings. The molecule has 0 radical (unpaired) electrons. The van der Waals surface area contributed by atoms with Crippen LogP contribution in [0.15, 0.2) is 30.3 Å². The zero-order valence-electron chi connectivity index (χ0n) is 12.0. The van der Waals surface area contributed by atoms with E-state index >= 15 is 0 Å². The highest BCUT2D eigenvalue weighted by Crippen LogP contribution is 2.69. The van der Waals surface area contributed by atoms with E-state index in [0.29, 0.717) is 16.7 Å². The summed E-state index contributed by atoms with van der Waals surface area (Å²) in [6, 6.07) is 10.8. The molecule has 1 heteroatoms. The van der Waals surface area contributed by atoms with Crippen molar-refractivity contribution in [2.45, 2.75) is 57.5 Å². The van der Waals surface area contributed by atoms with Crippen molar-refractivity contribution in [3.63, 3.8) is 0 Å². The highest BCUT2D eigenvalue weighted by molar-refractivity contribution is 5.33. The number of aliphatic hydroxyl groups excluding tert-OH is 1. The maximum Gasteiger partial charge on any atom is 0.0665 e. The lowest BCUT2D eigenvalue weighted by Crippen LogP contribution is -2.64. The highest BCUT2D eigenvalue weighted by atomic mass is 16.3. The lowest BCUT2D eigenvalue weighted by Gasteiger charge is -2.67. The highest BCUT2D eigenvalue weighted by Gasteiger charge is 2.64. The van der Waals surface area contributed by atoms with E-state index in [2.05, 4.69) is 44.2 Å². The van der Waals surface area contributed by atoms with Crippen molar-refractivity contribution in [2.24, 2.45) is 16.7 Å². The number of benzene rings is 1. The molecule has 1 nitrogen and oxygen atoms in total. The van der Waals surface area contributed by atoms with Gasteiger partial charge < -0.3 is 5.11 Å². The van der Waals surface area contributed by atoms with Gasteiger partial charge in [0.2, 0.25) is 0 Å². The molecule has 0 amide bonds. The second kappa shape index (κ2) is 3.44. The lowest BCUT2D eigenvalue weighted by molar-refractivity contribution is -0.179. The second-order valence-corrected chi connectivity index (χ2v) is 8.29. The van der Waals surface area contributed by atoms with Crippen LogP contribution >= 0.6 is 0 Å². The van der Waals surface area contributed by atoms with E-state index in [0.717, 1.165) is 0 Å². The largest absolute Gasteiger partial charge is 0.392 e. The molecule has 0 saturated heterocycles. The van der Waals surface area contributed by atoms with Crippen molar-refractivity contribution >= 4 is 0 Å². The minimum atomic E-state index is -0.128. The first-order chi connectivity index (χ1) is 8.95. The van der Waals surface area contributed by atoms with Crippen LogP contribution in [0.5, 0.6) is 0 Å². The summed E-state index contributed by atoms with van der Waals surface area (Å²) in [7, 11) is 0. The Morgan fingerprint density at radius 3 is 2.11 bits per heavy atom. The average molecular weight is 256 g/mol. The van der Waals surface area contributed by atoms with Gasteiger partial charge in [-0.05, 0) is 54.4 Å². The molecule has 0 aliphatic heterocycles. The van der Waals surface area contributed by atoms with Gasteiger partial charge in [0.25, 0.3) is 0 Å². The molecule has 0 aromatic heterocycles. The van der Waals surface area contributed by atoms with Crippen molar-refractivity contribution < 1.29 is 5.11 Å². The summed E-state index contributed by atoms with van der Waals surface area (Å²) in [4.78, 5) is 0. The van der Waals surface area contributed by atoms with Crippen molar-refractivity contribution in [1.29, 1.82) is 0 Å². The molecule has 3 unspecified atom stereocenters. The Bertz CT molecular complexity index is 488. The summed E-state index contributed by atoms with van der Waals surface area (Å²) in [6.07, 6.45) is 6.06. The fourth-order valence-corrected chi connectivity index (χ4v) is 6.40. The summed E-state index contributed by atoms with van der Waals surface area (Å²) >= 11 is 0. The fraction of sp³-hybridized carbons (Fsp3) is 0.667. The number of hydrogen-bond donors (Lipinski definition) is 1. The first-order valence-electron chi connectivity index (χ1n) is 7.69. The predicted octanol–water partition coefficient (Wildman–Crippen LogP) is 3.91. The first kappa shape index (κ1) is 12.0. The molecule has 4 saturated carbocycles. The molecule has 0 heterocycles. The summed E-state index contributed by atoms with van der Waals surface area (Å²) in [5.74, 6) is 0.520. The number of rotatable bonds is 1. The van der Waals surface area contributed by atoms with E-state index in [1.54, 1.807) is 0 Å². The summed E-state index contributed by atoms with van der Waals surface area (Å²) in [5, 5.41) is 11.0. The minimum Gasteiger partial charge on any atom is -0.392 e. The van der Waals surface area contributed by atoms with Gasteiger partial charge in [0.1, 0.15) is 0 Å². The molecule has 3 atom stereocenters. The number of hydrogen-bond acceptors (Lipinski definition) is 1. The van der Waals surface area contributed by atoms with Crippen LogP contribution in [0.1, 0.15) is 51.5 Å². The molecular formula is C18H24O. The maximum absolute atomic E-state index is 11.0. The Labute approximate surface area is 116 Å². The predicted molar refractivity (Wildman–Crippen MR) is 76.9 cm³/mol. The molecule has 5 rings (SSSR count). The monoisotopic (exact) mass is 256 g/mol. The summed E-state index contributed by atoms with van der Waals surface area (Å²) in [6.45, 7) is 4.92. The Morgan fingerprint density at radius 1 is 0.947 bits per heavy atom. The standard InChI is InChI=1S/C18H24O/c1-16-8-13-9-17(2,10-16)12-18(11-16,15(13)19)14-6-4-3-5-7-14/h3-7,13,15,19H,8-12H2,1-2H3. The first-order valence-corrected chi connectivity index (χ1v) is 7.69. The van der Waals surface area contributed by atoms with E-state index in [1.165, 1.54) is 37.7 Å². The van der Waals surface area contributed by atoms with Crippen LogP contribution in [0.2, 0.25) is 0 Å². The third-order valence-electron chi connectivity index (χ3n) is 6.21. The molecule has 1 aromatic carbocycles. The van der Waals surface area contributed by atoms with E-state index in [4.69, 9.17) is 0 Å². The van der Waals surface area contributed by atoms with E-state index in [1.807, 2.05) is 0 Å². The second-order valence-electron chi connectivity index (χ2n) is 8.29. The van der Waals surface area contributed by atoms with Gasteiger partial charge in [-0.25, -0.2) is 0 Å². The van der Waals surface area contributed by atoms with Gasteiger partial charge in [0, 0.05) is 5.41 Å². The summed E-state index contributed by atoms with van der Waals surface area (Å²) in [5.41, 5.74) is 2.31. The Hall–Kier alpha value is -0.820. The molecule has 4 aliphatic carbocycles. The molecule has 4 fully saturated rings. The van der Waals surface area contributed by atoms with Crippen molar-refractivity contribution in [3.8, 4) is 0 Å². The zero-order chi connectivity index (χ0) is 13.3. The zero-order valence-corrected chi connectivity index (χ0v) is 12.0. The van der Waals surface area contributed by atoms with E-state index in [-0.39, 0.29) is 11.5 Å². The Kier molecular flexibility index (Phi) is 2.16. The van der Waals surface area contributed by atoms with Crippen molar-refractivity contribution in [1.82, 2.24) is 0 Å². The van der Waals surface area contributed by atoms with Crippen LogP contribution < -0.4 is 0 Å². The Balaban J connectivity index is 1.87. The van der Waals surface area contributed by atoms with Gasteiger partial charge >= 0.3 is 0 Å². The smallest absolute Gasteiger partial charge is 0.0665 e. The van der Waals surface area contributed by atoms with Gasteiger partial charge in [-0.1, -0.05) is 44.2 Å². The van der Waals surface area contributed by atoms with E-state index < -0.39 is 0 Å². The van der Waals surface area contributed by atoms with Gasteiger partial charge in [-0.2, -0.15) is 0 Å². The van der Waals surface area contributed by atoms with Gasteiger partial charge in [-0.15, -0.1) is 0 Å². The van der Waals surface area contributed by atoms with Crippen LogP contribution in [0.3, 0.4) is 0 Å². The Morgan fingerprint density at radius 2 is 1.53 bits per heavy atom. The summed E-state index contributed by atoms with van der Waals surface area (Å²) < 4.78 is 0. The molecule has 19 heavy (non-hydrogen) atoms. The molecule has 4 bridgehead atoms. The maximum atomic E-state index is 11.0. The average Bonchev–Trinajstić information content (AvgIpc) is 2.34. The van der Waals surface area contributed by atoms with Crippen molar-refractivity contribution in [3.05, 3.63) is 35.9 Å². The van der Waals surface area contributed by atoms with Crippen molar-refractivity contribution in [2.75, 3.05) is 0 Å². The fourth-order valence-electron chi connectivity index (χ4n) is 6.40. The third-order valence-corrected chi connectivity index (χ3v) is 6.21. The quantitative estimate of drug-likeness (QED) is 0.808. The van der Waals surface area contributed by atoms with Gasteiger partial charge in [0.05, 0.1) is 6.10 Å². The van der Waals surface area contributed by atoms with Gasteiger partial charge in [-0.3, -0.25) is 0 Å².